The summed E-state index contributed by atoms with van der Waals surface area (Å²) < 4.78 is 10.9. The molecule has 0 spiro atoms. The Morgan fingerprint density at radius 1 is 1.09 bits per heavy atom. The summed E-state index contributed by atoms with van der Waals surface area (Å²) in [5.74, 6) is 0.514. The third-order valence-corrected chi connectivity index (χ3v) is 4.22. The number of carbonyl (C=O) groups is 1. The predicted molar refractivity (Wildman–Crippen MR) is 86.5 cm³/mol. The fraction of sp³-hybridized carbons (Fsp3) is 0.611. The zero-order valence-corrected chi connectivity index (χ0v) is 14.0. The normalized spacial score (nSPS) is 15.6. The van der Waals surface area contributed by atoms with Crippen molar-refractivity contribution in [1.82, 2.24) is 0 Å². The average Bonchev–Trinajstić information content (AvgIpc) is 2.47. The second-order valence-corrected chi connectivity index (χ2v) is 6.30. The van der Waals surface area contributed by atoms with Gasteiger partial charge in [-0.2, -0.15) is 0 Å². The van der Waals surface area contributed by atoms with Gasteiger partial charge in [-0.25, -0.2) is 4.79 Å². The van der Waals surface area contributed by atoms with Crippen molar-refractivity contribution in [3.63, 3.8) is 0 Å². The van der Waals surface area contributed by atoms with Gasteiger partial charge in [0.2, 0.25) is 0 Å². The highest BCUT2D eigenvalue weighted by molar-refractivity contribution is 5.71. The SMILES string of the molecule is Cc1cc(C)c(OCC(=O)OCC[NH+]2CCCCC2)c(C)c1. The minimum Gasteiger partial charge on any atom is -0.481 e. The first-order chi connectivity index (χ1) is 10.6. The molecule has 1 aromatic carbocycles. The van der Waals surface area contributed by atoms with E-state index in [0.29, 0.717) is 6.61 Å². The molecule has 1 saturated heterocycles. The zero-order valence-electron chi connectivity index (χ0n) is 14.0. The summed E-state index contributed by atoms with van der Waals surface area (Å²) in [5.41, 5.74) is 3.32. The van der Waals surface area contributed by atoms with Gasteiger partial charge in [-0.05, 0) is 51.2 Å². The van der Waals surface area contributed by atoms with E-state index in [0.717, 1.165) is 23.4 Å². The Kier molecular flexibility index (Phi) is 6.25. The number of quaternary nitrogens is 1. The van der Waals surface area contributed by atoms with Gasteiger partial charge in [0.05, 0.1) is 13.1 Å². The van der Waals surface area contributed by atoms with Crippen molar-refractivity contribution in [2.24, 2.45) is 0 Å². The van der Waals surface area contributed by atoms with Gasteiger partial charge in [-0.3, -0.25) is 0 Å². The van der Waals surface area contributed by atoms with E-state index in [4.69, 9.17) is 9.47 Å². The highest BCUT2D eigenvalue weighted by Crippen LogP contribution is 2.24. The van der Waals surface area contributed by atoms with Crippen LogP contribution in [0.1, 0.15) is 36.0 Å². The van der Waals surface area contributed by atoms with E-state index in [9.17, 15) is 4.79 Å². The van der Waals surface area contributed by atoms with Crippen molar-refractivity contribution in [2.45, 2.75) is 40.0 Å². The van der Waals surface area contributed by atoms with Crippen molar-refractivity contribution >= 4 is 5.97 Å². The van der Waals surface area contributed by atoms with Crippen LogP contribution in [0.5, 0.6) is 5.75 Å². The Balaban J connectivity index is 1.71. The monoisotopic (exact) mass is 306 g/mol. The van der Waals surface area contributed by atoms with Crippen molar-refractivity contribution in [3.05, 3.63) is 28.8 Å². The van der Waals surface area contributed by atoms with Gasteiger partial charge >= 0.3 is 5.97 Å². The first kappa shape index (κ1) is 16.8. The molecule has 1 aromatic rings. The number of nitrogens with one attached hydrogen (secondary N) is 1. The second kappa shape index (κ2) is 8.18. The van der Waals surface area contributed by atoms with Crippen molar-refractivity contribution in [3.8, 4) is 5.75 Å². The Hall–Kier alpha value is -1.55. The number of rotatable bonds is 6. The van der Waals surface area contributed by atoms with E-state index < -0.39 is 0 Å². The lowest BCUT2D eigenvalue weighted by atomic mass is 10.1. The minimum atomic E-state index is -0.282. The molecule has 2 rings (SSSR count). The predicted octanol–water partition coefficient (Wildman–Crippen LogP) is 1.60. The van der Waals surface area contributed by atoms with E-state index >= 15 is 0 Å². The molecule has 0 amide bonds. The highest BCUT2D eigenvalue weighted by atomic mass is 16.6. The summed E-state index contributed by atoms with van der Waals surface area (Å²) in [5, 5.41) is 0. The molecule has 1 N–H and O–H groups in total. The largest absolute Gasteiger partial charge is 0.481 e. The van der Waals surface area contributed by atoms with Gasteiger partial charge in [-0.15, -0.1) is 0 Å². The quantitative estimate of drug-likeness (QED) is 0.812. The third kappa shape index (κ3) is 5.02. The molecule has 1 aliphatic heterocycles. The molecule has 4 nitrogen and oxygen atoms in total. The van der Waals surface area contributed by atoms with Crippen molar-refractivity contribution in [2.75, 3.05) is 32.8 Å². The summed E-state index contributed by atoms with van der Waals surface area (Å²) >= 11 is 0. The summed E-state index contributed by atoms with van der Waals surface area (Å²) in [6.45, 7) is 9.85. The van der Waals surface area contributed by atoms with Gasteiger partial charge in [0, 0.05) is 0 Å². The maximum Gasteiger partial charge on any atom is 0.344 e. The first-order valence-electron chi connectivity index (χ1n) is 8.26. The number of likely N-dealkylation sites (tertiary alicyclic amines) is 1. The molecule has 122 valence electrons. The van der Waals surface area contributed by atoms with Crippen LogP contribution in [0.4, 0.5) is 0 Å². The maximum absolute atomic E-state index is 11.8. The third-order valence-electron chi connectivity index (χ3n) is 4.22. The zero-order chi connectivity index (χ0) is 15.9. The van der Waals surface area contributed by atoms with Crippen molar-refractivity contribution in [1.29, 1.82) is 0 Å². The van der Waals surface area contributed by atoms with Gasteiger partial charge in [0.25, 0.3) is 0 Å². The standard InChI is InChI=1S/C18H27NO3/c1-14-11-15(2)18(16(3)12-14)22-13-17(20)21-10-9-19-7-5-4-6-8-19/h11-12H,4-10,13H2,1-3H3/p+1. The van der Waals surface area contributed by atoms with Crippen LogP contribution in [0.3, 0.4) is 0 Å². The number of hydrogen-bond acceptors (Lipinski definition) is 3. The first-order valence-corrected chi connectivity index (χ1v) is 8.26. The molecule has 22 heavy (non-hydrogen) atoms. The molecule has 0 atom stereocenters. The highest BCUT2D eigenvalue weighted by Gasteiger charge is 2.14. The lowest BCUT2D eigenvalue weighted by molar-refractivity contribution is -0.905. The summed E-state index contributed by atoms with van der Waals surface area (Å²) in [4.78, 5) is 13.3. The van der Waals surface area contributed by atoms with Crippen LogP contribution in [-0.2, 0) is 9.53 Å². The van der Waals surface area contributed by atoms with Gasteiger partial charge < -0.3 is 14.4 Å². The second-order valence-electron chi connectivity index (χ2n) is 6.30. The van der Waals surface area contributed by atoms with E-state index in [2.05, 4.69) is 19.1 Å². The van der Waals surface area contributed by atoms with Crippen LogP contribution >= 0.6 is 0 Å². The molecule has 0 radical (unpaired) electrons. The van der Waals surface area contributed by atoms with Crippen molar-refractivity contribution < 1.29 is 19.2 Å². The Bertz CT molecular complexity index is 484. The molecule has 1 aliphatic rings. The topological polar surface area (TPSA) is 40.0 Å². The molecular weight excluding hydrogens is 278 g/mol. The fourth-order valence-electron chi connectivity index (χ4n) is 3.18. The van der Waals surface area contributed by atoms with E-state index in [-0.39, 0.29) is 12.6 Å². The molecule has 4 heteroatoms. The van der Waals surface area contributed by atoms with E-state index in [1.54, 1.807) is 4.90 Å². The molecule has 0 bridgehead atoms. The van der Waals surface area contributed by atoms with Crippen LogP contribution in [0.2, 0.25) is 0 Å². The number of carbonyl (C=O) groups excluding carboxylic acids is 1. The average molecular weight is 306 g/mol. The Morgan fingerprint density at radius 3 is 2.36 bits per heavy atom. The molecule has 0 unspecified atom stereocenters. The molecule has 0 saturated carbocycles. The number of ether oxygens (including phenoxy) is 2. The number of esters is 1. The molecule has 1 fully saturated rings. The van der Waals surface area contributed by atoms with E-state index in [1.165, 1.54) is 37.9 Å². The van der Waals surface area contributed by atoms with Crippen LogP contribution in [0.15, 0.2) is 12.1 Å². The summed E-state index contributed by atoms with van der Waals surface area (Å²) in [6, 6.07) is 4.13. The van der Waals surface area contributed by atoms with Gasteiger partial charge in [0.1, 0.15) is 18.9 Å². The van der Waals surface area contributed by atoms with Crippen LogP contribution in [-0.4, -0.2) is 38.8 Å². The van der Waals surface area contributed by atoms with Crippen LogP contribution < -0.4 is 9.64 Å². The molecule has 0 aliphatic carbocycles. The number of piperidine rings is 1. The number of hydrogen-bond donors (Lipinski definition) is 1. The number of benzene rings is 1. The molecule has 1 heterocycles. The van der Waals surface area contributed by atoms with Gasteiger partial charge in [0.15, 0.2) is 6.61 Å². The van der Waals surface area contributed by atoms with E-state index in [1.807, 2.05) is 13.8 Å². The smallest absolute Gasteiger partial charge is 0.344 e. The molecular formula is C18H28NO3+. The maximum atomic E-state index is 11.8. The lowest BCUT2D eigenvalue weighted by Gasteiger charge is -2.23. The van der Waals surface area contributed by atoms with Crippen LogP contribution in [0, 0.1) is 20.8 Å². The molecule has 0 aromatic heterocycles. The fourth-order valence-corrected chi connectivity index (χ4v) is 3.18. The summed E-state index contributed by atoms with van der Waals surface area (Å²) in [6.07, 6.45) is 3.92. The minimum absolute atomic E-state index is 0.0138. The van der Waals surface area contributed by atoms with Crippen LogP contribution in [0.25, 0.3) is 0 Å². The van der Waals surface area contributed by atoms with Gasteiger partial charge in [-0.1, -0.05) is 17.7 Å². The summed E-state index contributed by atoms with van der Waals surface area (Å²) in [7, 11) is 0. The number of aryl methyl sites for hydroxylation is 3. The lowest BCUT2D eigenvalue weighted by Crippen LogP contribution is -3.13. The Labute approximate surface area is 133 Å². The Morgan fingerprint density at radius 2 is 1.73 bits per heavy atom.